The fourth-order valence-electron chi connectivity index (χ4n) is 5.13. The summed E-state index contributed by atoms with van der Waals surface area (Å²) < 4.78 is 22.8. The molecule has 0 saturated heterocycles. The quantitative estimate of drug-likeness (QED) is 0.138. The fourth-order valence-corrected chi connectivity index (χ4v) is 6.79. The van der Waals surface area contributed by atoms with Gasteiger partial charge in [0.15, 0.2) is 11.6 Å². The highest BCUT2D eigenvalue weighted by Gasteiger charge is 2.17. The van der Waals surface area contributed by atoms with E-state index in [1.807, 2.05) is 44.2 Å². The minimum atomic E-state index is -0.401. The van der Waals surface area contributed by atoms with E-state index in [-0.39, 0.29) is 5.75 Å². The van der Waals surface area contributed by atoms with Crippen molar-refractivity contribution in [2.75, 3.05) is 7.11 Å². The van der Waals surface area contributed by atoms with Crippen LogP contribution >= 0.6 is 23.5 Å². The molecule has 4 aromatic carbocycles. The average Bonchev–Trinajstić information content (AvgIpc) is 3.75. The number of aryl methyl sites for hydroxylation is 3. The number of nitrogens with zero attached hydrogens (tertiary/aromatic N) is 9. The van der Waals surface area contributed by atoms with Crippen LogP contribution in [0.25, 0.3) is 11.4 Å². The van der Waals surface area contributed by atoms with E-state index < -0.39 is 5.82 Å². The van der Waals surface area contributed by atoms with Crippen LogP contribution in [0.3, 0.4) is 0 Å². The molecule has 0 saturated carbocycles. The number of hydrogen-bond acceptors (Lipinski definition) is 10. The lowest BCUT2D eigenvalue weighted by molar-refractivity contribution is 0.386. The number of thioether (sulfide) groups is 2. The van der Waals surface area contributed by atoms with Gasteiger partial charge in [-0.2, -0.15) is 14.6 Å². The Morgan fingerprint density at radius 2 is 1.34 bits per heavy atom. The van der Waals surface area contributed by atoms with Gasteiger partial charge >= 0.3 is 0 Å². The Morgan fingerprint density at radius 1 is 0.723 bits per heavy atom. The van der Waals surface area contributed by atoms with Gasteiger partial charge in [0.05, 0.1) is 30.1 Å². The highest BCUT2D eigenvalue weighted by Crippen LogP contribution is 2.30. The van der Waals surface area contributed by atoms with Gasteiger partial charge in [0.2, 0.25) is 10.3 Å². The van der Waals surface area contributed by atoms with Gasteiger partial charge in [0.1, 0.15) is 0 Å². The van der Waals surface area contributed by atoms with Gasteiger partial charge < -0.3 is 4.74 Å². The van der Waals surface area contributed by atoms with Gasteiger partial charge in [-0.05, 0) is 123 Å². The summed E-state index contributed by atoms with van der Waals surface area (Å²) >= 11 is 2.98. The summed E-state index contributed by atoms with van der Waals surface area (Å²) in [6.45, 7) is 6.19. The second-order valence-electron chi connectivity index (χ2n) is 11.0. The van der Waals surface area contributed by atoms with Crippen LogP contribution in [-0.2, 0) is 17.9 Å². The maximum atomic E-state index is 14.2. The molecule has 0 bridgehead atoms. The van der Waals surface area contributed by atoms with E-state index in [2.05, 4.69) is 74.4 Å². The van der Waals surface area contributed by atoms with Crippen molar-refractivity contribution in [3.8, 4) is 23.2 Å². The molecule has 0 N–H and O–H groups in total. The number of halogens is 1. The molecule has 0 amide bonds. The Hall–Kier alpha value is -5.06. The summed E-state index contributed by atoms with van der Waals surface area (Å²) in [6.07, 6.45) is 0.679. The maximum absolute atomic E-state index is 14.2. The van der Waals surface area contributed by atoms with Gasteiger partial charge in [-0.25, -0.2) is 4.39 Å². The highest BCUT2D eigenvalue weighted by atomic mass is 32.2. The molecule has 236 valence electrons. The zero-order valence-electron chi connectivity index (χ0n) is 26.2. The van der Waals surface area contributed by atoms with Crippen LogP contribution in [0, 0.1) is 37.9 Å². The number of ether oxygens (including phenoxy) is 1. The molecular weight excluding hydrogens is 634 g/mol. The molecular formula is C34H30FN9OS2. The highest BCUT2D eigenvalue weighted by molar-refractivity contribution is 7.98. The third-order valence-electron chi connectivity index (χ3n) is 7.70. The molecule has 0 fully saturated rings. The van der Waals surface area contributed by atoms with E-state index in [0.717, 1.165) is 50.3 Å². The first kappa shape index (κ1) is 31.9. The summed E-state index contributed by atoms with van der Waals surface area (Å²) in [7, 11) is 1.45. The fraction of sp³-hybridized carbons (Fsp3) is 0.206. The maximum Gasteiger partial charge on any atom is 0.214 e. The van der Waals surface area contributed by atoms with Crippen molar-refractivity contribution in [3.05, 3.63) is 123 Å². The van der Waals surface area contributed by atoms with Gasteiger partial charge in [-0.1, -0.05) is 59.9 Å². The molecule has 0 aliphatic carbocycles. The standard InChI is InChI=1S/C34H30FN9OS2/c1-21-5-6-26(16-30(21)43-33(37-39-41-43)46-19-25-9-7-24(18-36)8-10-25)14-28-17-31(23(3)13-22(28)2)44-34(38-40-42-44)47-20-27-11-12-32(45-4)29(35)15-27/h5-13,15-17H,14,19-20H2,1-4H3. The van der Waals surface area contributed by atoms with Crippen molar-refractivity contribution in [2.45, 2.75) is 49.0 Å². The van der Waals surface area contributed by atoms with Crippen LogP contribution < -0.4 is 4.74 Å². The average molecular weight is 664 g/mol. The first-order valence-corrected chi connectivity index (χ1v) is 16.6. The third kappa shape index (κ3) is 7.19. The van der Waals surface area contributed by atoms with E-state index in [0.29, 0.717) is 33.8 Å². The summed E-state index contributed by atoms with van der Waals surface area (Å²) in [5.74, 6) is 0.978. The van der Waals surface area contributed by atoms with Crippen LogP contribution in [0.5, 0.6) is 5.75 Å². The molecule has 2 heterocycles. The molecule has 0 aliphatic rings. The smallest absolute Gasteiger partial charge is 0.214 e. The number of rotatable bonds is 11. The zero-order valence-corrected chi connectivity index (χ0v) is 27.8. The molecule has 0 spiro atoms. The van der Waals surface area contributed by atoms with Crippen molar-refractivity contribution < 1.29 is 9.13 Å². The second-order valence-corrected chi connectivity index (χ2v) is 12.8. The number of methoxy groups -OCH3 is 1. The first-order chi connectivity index (χ1) is 22.8. The third-order valence-corrected chi connectivity index (χ3v) is 9.68. The molecule has 6 aromatic rings. The van der Waals surface area contributed by atoms with Crippen molar-refractivity contribution in [3.63, 3.8) is 0 Å². The monoisotopic (exact) mass is 663 g/mol. The molecule has 6 rings (SSSR count). The summed E-state index contributed by atoms with van der Waals surface area (Å²) in [6, 6.07) is 25.2. The van der Waals surface area contributed by atoms with Crippen LogP contribution in [0.4, 0.5) is 4.39 Å². The molecule has 13 heteroatoms. The largest absolute Gasteiger partial charge is 0.494 e. The number of nitriles is 1. The van der Waals surface area contributed by atoms with Gasteiger partial charge in [0, 0.05) is 11.5 Å². The predicted molar refractivity (Wildman–Crippen MR) is 179 cm³/mol. The number of tetrazole rings is 2. The van der Waals surface area contributed by atoms with Crippen molar-refractivity contribution in [1.29, 1.82) is 5.26 Å². The number of aromatic nitrogens is 8. The van der Waals surface area contributed by atoms with Crippen LogP contribution in [0.2, 0.25) is 0 Å². The lowest BCUT2D eigenvalue weighted by Gasteiger charge is -2.15. The lowest BCUT2D eigenvalue weighted by Crippen LogP contribution is -2.06. The van der Waals surface area contributed by atoms with Crippen molar-refractivity contribution in [2.24, 2.45) is 0 Å². The summed E-state index contributed by atoms with van der Waals surface area (Å²) in [5, 5.41) is 35.4. The molecule has 10 nitrogen and oxygen atoms in total. The Morgan fingerprint density at radius 3 is 1.98 bits per heavy atom. The normalized spacial score (nSPS) is 11.1. The van der Waals surface area contributed by atoms with E-state index in [1.165, 1.54) is 24.9 Å². The Labute approximate surface area is 280 Å². The second kappa shape index (κ2) is 14.1. The predicted octanol–water partition coefficient (Wildman–Crippen LogP) is 6.76. The van der Waals surface area contributed by atoms with Crippen LogP contribution in [0.15, 0.2) is 83.1 Å². The minimum absolute atomic E-state index is 0.212. The topological polar surface area (TPSA) is 120 Å². The minimum Gasteiger partial charge on any atom is -0.494 e. The van der Waals surface area contributed by atoms with Crippen LogP contribution in [-0.4, -0.2) is 47.5 Å². The van der Waals surface area contributed by atoms with Crippen LogP contribution in [0.1, 0.15) is 44.5 Å². The molecule has 0 unspecified atom stereocenters. The zero-order chi connectivity index (χ0) is 32.9. The summed E-state index contributed by atoms with van der Waals surface area (Å²) in [5.41, 5.74) is 9.80. The van der Waals surface area contributed by atoms with E-state index in [1.54, 1.807) is 27.2 Å². The van der Waals surface area contributed by atoms with E-state index in [9.17, 15) is 4.39 Å². The van der Waals surface area contributed by atoms with Crippen molar-refractivity contribution in [1.82, 2.24) is 40.4 Å². The molecule has 0 radical (unpaired) electrons. The van der Waals surface area contributed by atoms with Gasteiger partial charge in [-0.3, -0.25) is 0 Å². The molecule has 0 aliphatic heterocycles. The Bertz CT molecular complexity index is 2090. The van der Waals surface area contributed by atoms with Crippen molar-refractivity contribution >= 4 is 23.5 Å². The van der Waals surface area contributed by atoms with E-state index in [4.69, 9.17) is 10.00 Å². The number of hydrogen-bond donors (Lipinski definition) is 0. The molecule has 2 aromatic heterocycles. The SMILES string of the molecule is COc1ccc(CSc2nnnn2-c2cc(Cc3ccc(C)c(-n4nnnc4SCc4ccc(C#N)cc4)c3)c(C)cc2C)cc1F. The Kier molecular flexibility index (Phi) is 9.60. The van der Waals surface area contributed by atoms with Gasteiger partial charge in [0.25, 0.3) is 0 Å². The first-order valence-electron chi connectivity index (χ1n) is 14.7. The lowest BCUT2D eigenvalue weighted by atomic mass is 9.96. The Balaban J connectivity index is 1.22. The van der Waals surface area contributed by atoms with Gasteiger partial charge in [-0.15, -0.1) is 10.2 Å². The molecule has 47 heavy (non-hydrogen) atoms. The number of benzene rings is 4. The van der Waals surface area contributed by atoms with E-state index >= 15 is 0 Å². The summed E-state index contributed by atoms with van der Waals surface area (Å²) in [4.78, 5) is 0. The molecule has 0 atom stereocenters.